The van der Waals surface area contributed by atoms with Crippen LogP contribution < -0.4 is 4.74 Å². The van der Waals surface area contributed by atoms with E-state index in [1.807, 2.05) is 6.08 Å². The van der Waals surface area contributed by atoms with Gasteiger partial charge in [-0.05, 0) is 17.3 Å². The predicted molar refractivity (Wildman–Crippen MR) is 45.7 cm³/mol. The Hall–Kier alpha value is -2.04. The lowest BCUT2D eigenvalue weighted by atomic mass is 10.2. The van der Waals surface area contributed by atoms with Gasteiger partial charge in [-0.15, -0.1) is 0 Å². The molecule has 1 aliphatic carbocycles. The Balaban J connectivity index is 1.98. The molecule has 1 aromatic rings. The molecular formula is C9H7NO4. The van der Waals surface area contributed by atoms with Crippen molar-refractivity contribution in [3.63, 3.8) is 0 Å². The molecule has 1 heterocycles. The van der Waals surface area contributed by atoms with Gasteiger partial charge < -0.3 is 14.4 Å². The smallest absolute Gasteiger partial charge is 0.311 e. The number of rotatable bonds is 4. The molecule has 0 aromatic carbocycles. The Morgan fingerprint density at radius 2 is 2.43 bits per heavy atom. The number of aliphatic carboxylic acids is 1. The molecule has 1 aromatic heterocycles. The number of aromatic nitrogens is 1. The molecule has 0 spiro atoms. The highest BCUT2D eigenvalue weighted by Gasteiger charge is 2.10. The molecule has 5 nitrogen and oxygen atoms in total. The summed E-state index contributed by atoms with van der Waals surface area (Å²) >= 11 is 0. The lowest BCUT2D eigenvalue weighted by Crippen LogP contribution is -1.98. The number of carbonyl (C=O) groups is 1. The lowest BCUT2D eigenvalue weighted by molar-refractivity contribution is -0.136. The monoisotopic (exact) mass is 193 g/mol. The second-order valence-corrected chi connectivity index (χ2v) is 2.73. The standard InChI is InChI=1S/C9H7NO4/c11-9(12)5-7-4-8(10-14-7)13-6-2-1-3-6/h1-4H,5H2,(H,11,12). The van der Waals surface area contributed by atoms with E-state index in [0.29, 0.717) is 5.76 Å². The fraction of sp³-hybridized carbons (Fsp3) is 0.111. The zero-order valence-electron chi connectivity index (χ0n) is 7.14. The van der Waals surface area contributed by atoms with Crippen LogP contribution in [-0.2, 0) is 11.2 Å². The Morgan fingerprint density at radius 3 is 3.00 bits per heavy atom. The zero-order valence-corrected chi connectivity index (χ0v) is 7.14. The molecule has 0 aliphatic heterocycles. The topological polar surface area (TPSA) is 72.6 Å². The lowest BCUT2D eigenvalue weighted by Gasteiger charge is -2.04. The van der Waals surface area contributed by atoms with Gasteiger partial charge in [0.1, 0.15) is 12.2 Å². The van der Waals surface area contributed by atoms with Crippen molar-refractivity contribution in [2.24, 2.45) is 0 Å². The quantitative estimate of drug-likeness (QED) is 0.776. The first kappa shape index (κ1) is 8.55. The molecule has 0 saturated heterocycles. The average Bonchev–Trinajstić information content (AvgIpc) is 2.44. The molecule has 0 amide bonds. The molecule has 0 radical (unpaired) electrons. The first-order valence-corrected chi connectivity index (χ1v) is 3.97. The summed E-state index contributed by atoms with van der Waals surface area (Å²) in [6.07, 6.45) is 5.18. The van der Waals surface area contributed by atoms with E-state index in [1.54, 1.807) is 12.2 Å². The molecule has 0 atom stereocenters. The summed E-state index contributed by atoms with van der Waals surface area (Å²) in [5.74, 6) is 0.267. The Morgan fingerprint density at radius 1 is 1.64 bits per heavy atom. The summed E-state index contributed by atoms with van der Waals surface area (Å²) in [5, 5.41) is 12.0. The van der Waals surface area contributed by atoms with Crippen molar-refractivity contribution in [2.45, 2.75) is 6.42 Å². The van der Waals surface area contributed by atoms with Crippen molar-refractivity contribution in [1.82, 2.24) is 5.16 Å². The summed E-state index contributed by atoms with van der Waals surface area (Å²) in [6.45, 7) is 0. The maximum atomic E-state index is 10.3. The largest absolute Gasteiger partial charge is 0.481 e. The van der Waals surface area contributed by atoms with E-state index in [-0.39, 0.29) is 18.1 Å². The van der Waals surface area contributed by atoms with Gasteiger partial charge in [0.15, 0.2) is 5.76 Å². The molecule has 1 N–H and O–H groups in total. The van der Waals surface area contributed by atoms with Crippen LogP contribution in [0.15, 0.2) is 34.6 Å². The summed E-state index contributed by atoms with van der Waals surface area (Å²) in [4.78, 5) is 10.3. The SMILES string of the molecule is O=C(O)Cc1cc(OC2=CC=C2)no1. The van der Waals surface area contributed by atoms with Crippen LogP contribution in [0.5, 0.6) is 5.88 Å². The van der Waals surface area contributed by atoms with Gasteiger partial charge in [0.2, 0.25) is 0 Å². The van der Waals surface area contributed by atoms with Gasteiger partial charge >= 0.3 is 5.97 Å². The van der Waals surface area contributed by atoms with Crippen LogP contribution in [0.25, 0.3) is 0 Å². The molecule has 0 bridgehead atoms. The molecule has 0 saturated carbocycles. The van der Waals surface area contributed by atoms with E-state index in [1.165, 1.54) is 6.07 Å². The summed E-state index contributed by atoms with van der Waals surface area (Å²) < 4.78 is 9.93. The number of ether oxygens (including phenoxy) is 1. The molecule has 5 heteroatoms. The molecular weight excluding hydrogens is 186 g/mol. The van der Waals surface area contributed by atoms with Gasteiger partial charge in [0.05, 0.1) is 0 Å². The van der Waals surface area contributed by atoms with Crippen molar-refractivity contribution in [2.75, 3.05) is 0 Å². The number of carboxylic acids is 1. The number of allylic oxidation sites excluding steroid dienone is 3. The number of nitrogens with zero attached hydrogens (tertiary/aromatic N) is 1. The van der Waals surface area contributed by atoms with E-state index < -0.39 is 5.97 Å². The van der Waals surface area contributed by atoms with Crippen molar-refractivity contribution >= 4 is 5.97 Å². The third kappa shape index (κ3) is 1.82. The maximum absolute atomic E-state index is 10.3. The van der Waals surface area contributed by atoms with E-state index in [0.717, 1.165) is 0 Å². The predicted octanol–water partition coefficient (Wildman–Crippen LogP) is 1.13. The van der Waals surface area contributed by atoms with Gasteiger partial charge in [-0.2, -0.15) is 0 Å². The molecule has 1 aliphatic rings. The number of carboxylic acid groups (broad SMARTS) is 1. The van der Waals surface area contributed by atoms with Crippen molar-refractivity contribution in [3.8, 4) is 5.88 Å². The van der Waals surface area contributed by atoms with Crippen LogP contribution in [-0.4, -0.2) is 16.2 Å². The highest BCUT2D eigenvalue weighted by Crippen LogP contribution is 2.17. The second kappa shape index (κ2) is 3.37. The van der Waals surface area contributed by atoms with Gasteiger partial charge in [0, 0.05) is 6.07 Å². The van der Waals surface area contributed by atoms with E-state index in [4.69, 9.17) is 14.4 Å². The van der Waals surface area contributed by atoms with E-state index in [9.17, 15) is 4.79 Å². The molecule has 2 rings (SSSR count). The molecule has 0 fully saturated rings. The van der Waals surface area contributed by atoms with E-state index >= 15 is 0 Å². The van der Waals surface area contributed by atoms with E-state index in [2.05, 4.69) is 5.16 Å². The normalized spacial score (nSPS) is 13.3. The maximum Gasteiger partial charge on any atom is 0.311 e. The van der Waals surface area contributed by atoms with Crippen molar-refractivity contribution in [1.29, 1.82) is 0 Å². The highest BCUT2D eigenvalue weighted by molar-refractivity contribution is 5.69. The van der Waals surface area contributed by atoms with Crippen LogP contribution in [0.1, 0.15) is 5.76 Å². The second-order valence-electron chi connectivity index (χ2n) is 2.73. The van der Waals surface area contributed by atoms with Crippen LogP contribution in [0.3, 0.4) is 0 Å². The van der Waals surface area contributed by atoms with Gasteiger partial charge in [-0.25, -0.2) is 0 Å². The zero-order chi connectivity index (χ0) is 9.97. The van der Waals surface area contributed by atoms with Crippen molar-refractivity contribution in [3.05, 3.63) is 35.8 Å². The van der Waals surface area contributed by atoms with Crippen molar-refractivity contribution < 1.29 is 19.2 Å². The average molecular weight is 193 g/mol. The Kier molecular flexibility index (Phi) is 2.06. The first-order chi connectivity index (χ1) is 6.74. The summed E-state index contributed by atoms with van der Waals surface area (Å²) in [7, 11) is 0. The Labute approximate surface area is 79.3 Å². The fourth-order valence-corrected chi connectivity index (χ4v) is 0.938. The van der Waals surface area contributed by atoms with Gasteiger partial charge in [-0.1, -0.05) is 6.08 Å². The van der Waals surface area contributed by atoms with Crippen LogP contribution in [0.4, 0.5) is 0 Å². The minimum atomic E-state index is -0.963. The van der Waals surface area contributed by atoms with Crippen LogP contribution in [0.2, 0.25) is 0 Å². The molecule has 14 heavy (non-hydrogen) atoms. The minimum Gasteiger partial charge on any atom is -0.481 e. The van der Waals surface area contributed by atoms with Crippen LogP contribution >= 0.6 is 0 Å². The summed E-state index contributed by atoms with van der Waals surface area (Å²) in [6, 6.07) is 1.46. The fourth-order valence-electron chi connectivity index (χ4n) is 0.938. The van der Waals surface area contributed by atoms with Gasteiger partial charge in [0.25, 0.3) is 5.88 Å². The minimum absolute atomic E-state index is 0.189. The first-order valence-electron chi connectivity index (χ1n) is 3.97. The molecule has 72 valence electrons. The van der Waals surface area contributed by atoms with Crippen LogP contribution in [0, 0.1) is 0 Å². The summed E-state index contributed by atoms with van der Waals surface area (Å²) in [5.41, 5.74) is 0. The third-order valence-electron chi connectivity index (χ3n) is 1.61. The van der Waals surface area contributed by atoms with Gasteiger partial charge in [-0.3, -0.25) is 4.79 Å². The number of hydrogen-bond donors (Lipinski definition) is 1. The molecule has 0 unspecified atom stereocenters. The highest BCUT2D eigenvalue weighted by atomic mass is 16.5. The number of hydrogen-bond acceptors (Lipinski definition) is 4. The third-order valence-corrected chi connectivity index (χ3v) is 1.61. The Bertz CT molecular complexity index is 416.